The van der Waals surface area contributed by atoms with E-state index in [-0.39, 0.29) is 7.43 Å². The first-order valence-corrected chi connectivity index (χ1v) is 13.9. The summed E-state index contributed by atoms with van der Waals surface area (Å²) >= 11 is 0. The molecule has 11 heteroatoms. The first-order valence-electron chi connectivity index (χ1n) is 13.9. The fraction of sp³-hybridized carbons (Fsp3) is 1.00. The van der Waals surface area contributed by atoms with Crippen LogP contribution in [0, 0.1) is 0 Å². The summed E-state index contributed by atoms with van der Waals surface area (Å²) in [5.41, 5.74) is 0. The lowest BCUT2D eigenvalue weighted by molar-refractivity contribution is -0.0965. The van der Waals surface area contributed by atoms with E-state index < -0.39 is 0 Å². The van der Waals surface area contributed by atoms with Crippen LogP contribution in [0.5, 0.6) is 0 Å². The topological polar surface area (TPSA) is 102 Å². The van der Waals surface area contributed by atoms with E-state index in [4.69, 9.17) is 52.1 Å². The molecule has 11 nitrogen and oxygen atoms in total. The van der Waals surface area contributed by atoms with Crippen molar-refractivity contribution in [3.05, 3.63) is 0 Å². The highest BCUT2D eigenvalue weighted by molar-refractivity contribution is 4.45. The van der Waals surface area contributed by atoms with Crippen molar-refractivity contribution < 1.29 is 52.1 Å². The molecule has 0 amide bonds. The molecule has 38 heavy (non-hydrogen) atoms. The lowest BCUT2D eigenvalue weighted by atomic mass is 10.2. The van der Waals surface area contributed by atoms with Crippen LogP contribution in [0.2, 0.25) is 0 Å². The quantitative estimate of drug-likeness (QED) is 0.436. The van der Waals surface area contributed by atoms with Crippen molar-refractivity contribution in [3.63, 3.8) is 0 Å². The largest absolute Gasteiger partial charge is 0.381 e. The Labute approximate surface area is 230 Å². The average molecular weight is 557 g/mol. The Morgan fingerprint density at radius 3 is 0.500 bits per heavy atom. The Morgan fingerprint density at radius 2 is 0.395 bits per heavy atom. The zero-order chi connectivity index (χ0) is 26.2. The van der Waals surface area contributed by atoms with Gasteiger partial charge in [-0.25, -0.2) is 0 Å². The normalized spacial score (nSPS) is 23.4. The van der Waals surface area contributed by atoms with Gasteiger partial charge in [-0.3, -0.25) is 0 Å². The second-order valence-electron chi connectivity index (χ2n) is 8.40. The molecule has 0 aromatic rings. The van der Waals surface area contributed by atoms with Gasteiger partial charge in [-0.1, -0.05) is 7.43 Å². The van der Waals surface area contributed by atoms with Gasteiger partial charge in [0.1, 0.15) is 27.2 Å². The number of ether oxygens (including phenoxy) is 11. The van der Waals surface area contributed by atoms with Gasteiger partial charge in [0.05, 0.1) is 52.9 Å². The molecule has 0 aromatic carbocycles. The minimum Gasteiger partial charge on any atom is -0.381 e. The molecule has 230 valence electrons. The Bertz CT molecular complexity index is 277. The number of hydrogen-bond acceptors (Lipinski definition) is 11. The van der Waals surface area contributed by atoms with Crippen molar-refractivity contribution in [3.8, 4) is 0 Å². The molecule has 7 heterocycles. The van der Waals surface area contributed by atoms with E-state index in [1.807, 2.05) is 0 Å². The van der Waals surface area contributed by atoms with Crippen LogP contribution in [0.1, 0.15) is 58.8 Å². The molecule has 0 radical (unpaired) electrons. The Morgan fingerprint density at radius 1 is 0.184 bits per heavy atom. The van der Waals surface area contributed by atoms with Crippen molar-refractivity contribution >= 4 is 0 Å². The Kier molecular flexibility index (Phi) is 34.2. The van der Waals surface area contributed by atoms with Gasteiger partial charge in [-0.05, 0) is 51.4 Å². The summed E-state index contributed by atoms with van der Waals surface area (Å²) in [6.07, 6.45) is 9.88. The molecule has 7 aliphatic rings. The number of hydrogen-bond donors (Lipinski definition) is 0. The van der Waals surface area contributed by atoms with Gasteiger partial charge in [0.25, 0.3) is 0 Å². The first-order chi connectivity index (χ1) is 18.5. The second-order valence-corrected chi connectivity index (χ2v) is 8.40. The fourth-order valence-corrected chi connectivity index (χ4v) is 2.81. The van der Waals surface area contributed by atoms with Gasteiger partial charge in [0, 0.05) is 39.6 Å². The van der Waals surface area contributed by atoms with E-state index in [0.29, 0.717) is 27.2 Å². The maximum absolute atomic E-state index is 5.07. The molecule has 0 N–H and O–H groups in total. The predicted molar refractivity (Wildman–Crippen MR) is 143 cm³/mol. The van der Waals surface area contributed by atoms with Gasteiger partial charge in [-0.15, -0.1) is 0 Å². The zero-order valence-electron chi connectivity index (χ0n) is 22.9. The summed E-state index contributed by atoms with van der Waals surface area (Å²) in [6.45, 7) is 14.6. The maximum Gasteiger partial charge on any atom is 0.146 e. The standard InChI is InChI=1S/C5H10O.2C4H8O2.C4H8O.2C3H6O2.C3H6O.CH4/c1-2-4-6-5-3-1;2*1-2-5-4-6-3-1;1-2-4-5-3-1;2*1-2-5-3-4-1;1-2-4-3-1;/h1-5H2;2*1-4H2;1-4H2;2*1-3H2;1-3H2;1H4. The van der Waals surface area contributed by atoms with Gasteiger partial charge in [0.15, 0.2) is 0 Å². The van der Waals surface area contributed by atoms with Crippen LogP contribution in [0.3, 0.4) is 0 Å². The smallest absolute Gasteiger partial charge is 0.146 e. The predicted octanol–water partition coefficient (Wildman–Crippen LogP) is 3.77. The SMILES string of the molecule is C.C1CCOC1.C1CCOCC1.C1COC1.C1COCO1.C1COCO1.C1COCOC1.C1COCOC1. The van der Waals surface area contributed by atoms with Gasteiger partial charge < -0.3 is 52.1 Å². The summed E-state index contributed by atoms with van der Waals surface area (Å²) in [7, 11) is 0. The first kappa shape index (κ1) is 37.6. The van der Waals surface area contributed by atoms with Crippen molar-refractivity contribution in [2.75, 3.05) is 120 Å². The van der Waals surface area contributed by atoms with E-state index >= 15 is 0 Å². The third kappa shape index (κ3) is 31.8. The summed E-state index contributed by atoms with van der Waals surface area (Å²) in [5.74, 6) is 0. The fourth-order valence-electron chi connectivity index (χ4n) is 2.81. The highest BCUT2D eigenvalue weighted by Gasteiger charge is 1.97. The van der Waals surface area contributed by atoms with Crippen LogP contribution in [0.25, 0.3) is 0 Å². The van der Waals surface area contributed by atoms with Crippen LogP contribution in [-0.2, 0) is 52.1 Å². The monoisotopic (exact) mass is 556 g/mol. The summed E-state index contributed by atoms with van der Waals surface area (Å²) in [6, 6.07) is 0. The molecule has 7 saturated heterocycles. The highest BCUT2D eigenvalue weighted by Crippen LogP contribution is 2.02. The number of rotatable bonds is 0. The summed E-state index contributed by atoms with van der Waals surface area (Å²) in [4.78, 5) is 0. The molecule has 0 aliphatic carbocycles. The molecule has 0 aromatic heterocycles. The molecule has 7 fully saturated rings. The minimum absolute atomic E-state index is 0. The molecule has 0 saturated carbocycles. The van der Waals surface area contributed by atoms with Crippen molar-refractivity contribution in [1.82, 2.24) is 0 Å². The van der Waals surface area contributed by atoms with Crippen molar-refractivity contribution in [2.24, 2.45) is 0 Å². The molecule has 0 unspecified atom stereocenters. The van der Waals surface area contributed by atoms with Crippen LogP contribution in [0.15, 0.2) is 0 Å². The van der Waals surface area contributed by atoms with E-state index in [1.165, 1.54) is 38.5 Å². The van der Waals surface area contributed by atoms with Crippen LogP contribution < -0.4 is 0 Å². The molecule has 0 atom stereocenters. The maximum atomic E-state index is 5.07. The zero-order valence-corrected chi connectivity index (χ0v) is 22.9. The lowest BCUT2D eigenvalue weighted by Gasteiger charge is -2.09. The van der Waals surface area contributed by atoms with Gasteiger partial charge >= 0.3 is 0 Å². The van der Waals surface area contributed by atoms with Gasteiger partial charge in [-0.2, -0.15) is 0 Å². The van der Waals surface area contributed by atoms with Crippen molar-refractivity contribution in [2.45, 2.75) is 58.8 Å². The van der Waals surface area contributed by atoms with E-state index in [1.54, 1.807) is 0 Å². The van der Waals surface area contributed by atoms with E-state index in [2.05, 4.69) is 0 Å². The van der Waals surface area contributed by atoms with Crippen molar-refractivity contribution in [1.29, 1.82) is 0 Å². The lowest BCUT2D eigenvalue weighted by Crippen LogP contribution is -2.11. The molecule has 7 aliphatic heterocycles. The molecular weight excluding hydrogens is 500 g/mol. The third-order valence-electron chi connectivity index (χ3n) is 5.05. The van der Waals surface area contributed by atoms with Gasteiger partial charge in [0.2, 0.25) is 0 Å². The minimum atomic E-state index is 0. The third-order valence-corrected chi connectivity index (χ3v) is 5.05. The molecule has 7 rings (SSSR count). The molecule has 0 spiro atoms. The Hall–Kier alpha value is -0.440. The summed E-state index contributed by atoms with van der Waals surface area (Å²) in [5, 5.41) is 0. The van der Waals surface area contributed by atoms with E-state index in [9.17, 15) is 0 Å². The Balaban J connectivity index is 0.000000420. The second kappa shape index (κ2) is 34.6. The van der Waals surface area contributed by atoms with E-state index in [0.717, 1.165) is 105 Å². The van der Waals surface area contributed by atoms with Crippen LogP contribution in [0.4, 0.5) is 0 Å². The highest BCUT2D eigenvalue weighted by atomic mass is 16.7. The van der Waals surface area contributed by atoms with Crippen LogP contribution >= 0.6 is 0 Å². The molecule has 0 bridgehead atoms. The molecular formula is C27H56O11. The van der Waals surface area contributed by atoms with Crippen LogP contribution in [-0.4, -0.2) is 120 Å². The summed E-state index contributed by atoms with van der Waals surface area (Å²) < 4.78 is 53.0. The average Bonchev–Trinajstić information content (AvgIpc) is 3.79.